The average molecular weight is 921 g/mol. The summed E-state index contributed by atoms with van der Waals surface area (Å²) in [7, 11) is -4.62. The maximum Gasteiger partial charge on any atom is 0.306 e. The summed E-state index contributed by atoms with van der Waals surface area (Å²) in [6.45, 7) is 3.65. The molecule has 6 atom stereocenters. The van der Waals surface area contributed by atoms with Gasteiger partial charge in [-0.2, -0.15) is 8.42 Å². The van der Waals surface area contributed by atoms with Crippen LogP contribution in [0.2, 0.25) is 0 Å². The van der Waals surface area contributed by atoms with Crippen molar-refractivity contribution >= 4 is 22.1 Å². The number of hydrogen-bond acceptors (Lipinski definition) is 11. The first kappa shape index (κ1) is 58.8. The van der Waals surface area contributed by atoms with Gasteiger partial charge in [-0.3, -0.25) is 14.1 Å². The summed E-state index contributed by atoms with van der Waals surface area (Å²) in [5.41, 5.74) is 0. The molecule has 0 bridgehead atoms. The van der Waals surface area contributed by atoms with Crippen LogP contribution < -0.4 is 0 Å². The minimum atomic E-state index is -4.62. The van der Waals surface area contributed by atoms with Gasteiger partial charge in [0.25, 0.3) is 10.1 Å². The van der Waals surface area contributed by atoms with Crippen LogP contribution in [0.1, 0.15) is 168 Å². The van der Waals surface area contributed by atoms with E-state index >= 15 is 0 Å². The fourth-order valence-corrected chi connectivity index (χ4v) is 7.37. The molecule has 1 saturated heterocycles. The van der Waals surface area contributed by atoms with E-state index in [0.717, 1.165) is 64.2 Å². The highest BCUT2D eigenvalue weighted by Gasteiger charge is 2.46. The summed E-state index contributed by atoms with van der Waals surface area (Å²) in [6, 6.07) is 0. The second-order valence-electron chi connectivity index (χ2n) is 16.4. The lowest BCUT2D eigenvalue weighted by Gasteiger charge is -2.40. The summed E-state index contributed by atoms with van der Waals surface area (Å²) < 4.78 is 54.1. The van der Waals surface area contributed by atoms with Crippen molar-refractivity contribution in [2.45, 2.75) is 205 Å². The minimum absolute atomic E-state index is 0.0807. The second-order valence-corrected chi connectivity index (χ2v) is 17.9. The Morgan fingerprint density at radius 1 is 0.531 bits per heavy atom. The smallest absolute Gasteiger partial charge is 0.306 e. The van der Waals surface area contributed by atoms with E-state index in [1.807, 2.05) is 12.2 Å². The molecule has 0 saturated carbocycles. The Morgan fingerprint density at radius 3 is 1.47 bits per heavy atom. The Kier molecular flexibility index (Phi) is 36.9. The van der Waals surface area contributed by atoms with Crippen molar-refractivity contribution in [2.24, 2.45) is 0 Å². The first-order valence-electron chi connectivity index (χ1n) is 24.1. The van der Waals surface area contributed by atoms with E-state index in [4.69, 9.17) is 18.9 Å². The van der Waals surface area contributed by atoms with Crippen LogP contribution in [0.15, 0.2) is 85.1 Å². The summed E-state index contributed by atoms with van der Waals surface area (Å²) in [6.07, 6.45) is 43.4. The van der Waals surface area contributed by atoms with Crippen molar-refractivity contribution < 1.29 is 56.8 Å². The number of unbranched alkanes of at least 4 members (excludes halogenated alkanes) is 13. The van der Waals surface area contributed by atoms with Crippen LogP contribution in [-0.2, 0) is 38.7 Å². The van der Waals surface area contributed by atoms with E-state index in [9.17, 15) is 37.9 Å². The molecule has 1 aliphatic heterocycles. The Hall–Kier alpha value is -3.17. The van der Waals surface area contributed by atoms with Gasteiger partial charge < -0.3 is 34.3 Å². The summed E-state index contributed by atoms with van der Waals surface area (Å²) in [4.78, 5) is 25.4. The van der Waals surface area contributed by atoms with Crippen LogP contribution in [-0.4, -0.2) is 96.0 Å². The molecule has 0 amide bonds. The van der Waals surface area contributed by atoms with Gasteiger partial charge in [0.15, 0.2) is 12.4 Å². The van der Waals surface area contributed by atoms with Gasteiger partial charge in [-0.1, -0.05) is 150 Å². The van der Waals surface area contributed by atoms with Gasteiger partial charge in [-0.15, -0.1) is 0 Å². The van der Waals surface area contributed by atoms with Crippen molar-refractivity contribution in [3.05, 3.63) is 85.1 Å². The highest BCUT2D eigenvalue weighted by molar-refractivity contribution is 7.85. The molecule has 4 N–H and O–H groups in total. The number of allylic oxidation sites excluding steroid dienone is 14. The zero-order valence-corrected chi connectivity index (χ0v) is 39.9. The molecule has 0 aliphatic carbocycles. The Balaban J connectivity index is 2.49. The number of carbonyl (C=O) groups is 2. The molecule has 0 spiro atoms. The lowest BCUT2D eigenvalue weighted by atomic mass is 10.00. The number of carbonyl (C=O) groups excluding carboxylic acids is 2. The normalized spacial score (nSPS) is 20.4. The third-order valence-corrected chi connectivity index (χ3v) is 11.2. The predicted octanol–water partition coefficient (Wildman–Crippen LogP) is 10.4. The topological polar surface area (TPSA) is 186 Å². The van der Waals surface area contributed by atoms with Crippen LogP contribution in [0.25, 0.3) is 0 Å². The van der Waals surface area contributed by atoms with Crippen molar-refractivity contribution in [2.75, 3.05) is 19.0 Å². The third kappa shape index (κ3) is 34.2. The Bertz CT molecular complexity index is 1500. The van der Waals surface area contributed by atoms with Crippen LogP contribution >= 0.6 is 0 Å². The first-order chi connectivity index (χ1) is 31.0. The molecular formula is C51H84O12S. The minimum Gasteiger partial charge on any atom is -0.462 e. The van der Waals surface area contributed by atoms with Crippen molar-refractivity contribution in [1.82, 2.24) is 0 Å². The largest absolute Gasteiger partial charge is 0.462 e. The molecule has 0 aromatic rings. The van der Waals surface area contributed by atoms with Crippen LogP contribution in [0.5, 0.6) is 0 Å². The number of ether oxygens (including phenoxy) is 4. The summed E-state index contributed by atoms with van der Waals surface area (Å²) in [5, 5.41) is 30.9. The van der Waals surface area contributed by atoms with Gasteiger partial charge in [-0.25, -0.2) is 0 Å². The van der Waals surface area contributed by atoms with Gasteiger partial charge in [0, 0.05) is 12.8 Å². The molecule has 64 heavy (non-hydrogen) atoms. The molecular weight excluding hydrogens is 837 g/mol. The number of aliphatic hydroxyl groups is 3. The molecule has 0 aromatic heterocycles. The van der Waals surface area contributed by atoms with Crippen LogP contribution in [0.3, 0.4) is 0 Å². The van der Waals surface area contributed by atoms with E-state index in [-0.39, 0.29) is 19.4 Å². The van der Waals surface area contributed by atoms with E-state index in [1.165, 1.54) is 57.8 Å². The molecule has 366 valence electrons. The van der Waals surface area contributed by atoms with Crippen LogP contribution in [0.4, 0.5) is 0 Å². The second kappa shape index (κ2) is 40.1. The molecule has 1 aliphatic rings. The van der Waals surface area contributed by atoms with Crippen LogP contribution in [0, 0.1) is 0 Å². The van der Waals surface area contributed by atoms with E-state index < -0.39 is 71.2 Å². The number of aliphatic hydroxyl groups excluding tert-OH is 3. The van der Waals surface area contributed by atoms with E-state index in [0.29, 0.717) is 19.3 Å². The Labute approximate surface area is 386 Å². The van der Waals surface area contributed by atoms with Gasteiger partial charge in [0.05, 0.1) is 6.61 Å². The molecule has 1 fully saturated rings. The molecule has 1 rings (SSSR count). The average Bonchev–Trinajstić information content (AvgIpc) is 3.26. The van der Waals surface area contributed by atoms with Gasteiger partial charge in [0.1, 0.15) is 36.8 Å². The summed E-state index contributed by atoms with van der Waals surface area (Å²) >= 11 is 0. The van der Waals surface area contributed by atoms with Gasteiger partial charge >= 0.3 is 11.9 Å². The monoisotopic (exact) mass is 921 g/mol. The van der Waals surface area contributed by atoms with Crippen molar-refractivity contribution in [3.8, 4) is 0 Å². The molecule has 12 nitrogen and oxygen atoms in total. The zero-order chi connectivity index (χ0) is 46.9. The maximum atomic E-state index is 12.8. The fraction of sp³-hybridized carbons (Fsp3) is 0.686. The molecule has 0 aromatic carbocycles. The standard InChI is InChI=1S/C51H84O12S/c1-3-5-7-9-11-13-15-17-19-21-22-24-25-27-29-31-33-35-37-39-46(52)60-41-44(42-61-51-50(56)49(55)48(54)45(63-51)43-64(57,58)59)62-47(53)40-38-36-34-32-30-28-26-23-20-18-16-14-12-10-8-6-4-2/h11,13,17-20,22,24,26-29,32,34,44-45,48-51,54-56H,3-10,12,14-16,21,23,25,30-31,33,35-43H2,1-2H3,(H,57,58,59)/b13-11+,19-17+,20-18+,24-22+,28-26+,29-27+,34-32+/t44-,45-,48-,49?,50?,51+/m1/s1. The number of rotatable bonds is 39. The number of hydrogen-bond donors (Lipinski definition) is 4. The first-order valence-corrected chi connectivity index (χ1v) is 25.8. The van der Waals surface area contributed by atoms with Gasteiger partial charge in [-0.05, 0) is 89.9 Å². The Morgan fingerprint density at radius 2 is 0.953 bits per heavy atom. The molecule has 1 heterocycles. The van der Waals surface area contributed by atoms with Gasteiger partial charge in [0.2, 0.25) is 0 Å². The predicted molar refractivity (Wildman–Crippen MR) is 256 cm³/mol. The highest BCUT2D eigenvalue weighted by atomic mass is 32.2. The van der Waals surface area contributed by atoms with Crippen molar-refractivity contribution in [1.29, 1.82) is 0 Å². The lowest BCUT2D eigenvalue weighted by molar-refractivity contribution is -0.297. The fourth-order valence-electron chi connectivity index (χ4n) is 6.67. The number of esters is 2. The highest BCUT2D eigenvalue weighted by Crippen LogP contribution is 2.24. The lowest BCUT2D eigenvalue weighted by Crippen LogP contribution is -2.60. The van der Waals surface area contributed by atoms with Crippen molar-refractivity contribution in [3.63, 3.8) is 0 Å². The third-order valence-electron chi connectivity index (χ3n) is 10.4. The van der Waals surface area contributed by atoms with E-state index in [1.54, 1.807) is 0 Å². The quantitative estimate of drug-likeness (QED) is 0.0198. The summed E-state index contributed by atoms with van der Waals surface area (Å²) in [5.74, 6) is -2.10. The molecule has 0 radical (unpaired) electrons. The molecule has 13 heteroatoms. The maximum absolute atomic E-state index is 12.8. The zero-order valence-electron chi connectivity index (χ0n) is 39.1. The van der Waals surface area contributed by atoms with E-state index in [2.05, 4.69) is 86.8 Å². The molecule has 2 unspecified atom stereocenters. The SMILES string of the molecule is CCCCC/C=C/C/C=C/C/C=C/C/C=C/CCCCCC(=O)OC[C@H](CO[C@H]1O[C@H](CS(=O)(=O)O)[C@@H](O)C(O)C1O)OC(=O)CCC/C=C/C/C=C/C/C=C/CCCCCCCC.